The molecule has 0 spiro atoms. The van der Waals surface area contributed by atoms with Gasteiger partial charge in [0.05, 0.1) is 18.3 Å². The van der Waals surface area contributed by atoms with E-state index in [4.69, 9.17) is 9.84 Å². The van der Waals surface area contributed by atoms with Gasteiger partial charge in [-0.1, -0.05) is 13.8 Å². The van der Waals surface area contributed by atoms with Crippen molar-refractivity contribution in [3.8, 4) is 0 Å². The normalized spacial score (nSPS) is 19.5. The van der Waals surface area contributed by atoms with Crippen molar-refractivity contribution in [1.82, 2.24) is 4.98 Å². The number of carboxylic acids is 1. The van der Waals surface area contributed by atoms with Crippen LogP contribution in [-0.4, -0.2) is 35.8 Å². The van der Waals surface area contributed by atoms with Crippen LogP contribution in [0.3, 0.4) is 0 Å². The van der Waals surface area contributed by atoms with Gasteiger partial charge in [0.2, 0.25) is 0 Å². The zero-order chi connectivity index (χ0) is 14.0. The summed E-state index contributed by atoms with van der Waals surface area (Å²) in [6.45, 7) is 4.86. The number of aromatic nitrogens is 1. The summed E-state index contributed by atoms with van der Waals surface area (Å²) in [6, 6.07) is 0.194. The number of carboxylic acid groups (broad SMARTS) is 1. The van der Waals surface area contributed by atoms with Gasteiger partial charge >= 0.3 is 5.97 Å². The Morgan fingerprint density at radius 1 is 1.63 bits per heavy atom. The van der Waals surface area contributed by atoms with Gasteiger partial charge < -0.3 is 15.2 Å². The maximum atomic E-state index is 11.1. The number of rotatable bonds is 6. The lowest BCUT2D eigenvalue weighted by atomic mass is 10.1. The van der Waals surface area contributed by atoms with E-state index in [2.05, 4.69) is 24.1 Å². The predicted molar refractivity (Wildman–Crippen MR) is 74.9 cm³/mol. The maximum Gasteiger partial charge on any atom is 0.312 e. The molecule has 5 nitrogen and oxygen atoms in total. The zero-order valence-electron chi connectivity index (χ0n) is 11.5. The van der Waals surface area contributed by atoms with Crippen LogP contribution in [0.25, 0.3) is 0 Å². The number of hydrogen-bond donors (Lipinski definition) is 2. The van der Waals surface area contributed by atoms with Crippen LogP contribution in [0.5, 0.6) is 0 Å². The average Bonchev–Trinajstić information content (AvgIpc) is 2.86. The molecule has 0 bridgehead atoms. The molecule has 0 saturated carbocycles. The van der Waals surface area contributed by atoms with E-state index in [0.29, 0.717) is 18.9 Å². The number of nitrogens with zero attached hydrogens (tertiary/aromatic N) is 1. The number of aliphatic carboxylic acids is 1. The van der Waals surface area contributed by atoms with Gasteiger partial charge in [0, 0.05) is 12.0 Å². The molecule has 0 aromatic carbocycles. The molecule has 1 aliphatic rings. The van der Waals surface area contributed by atoms with Gasteiger partial charge in [-0.2, -0.15) is 0 Å². The molecule has 1 aromatic rings. The van der Waals surface area contributed by atoms with Crippen LogP contribution < -0.4 is 5.32 Å². The highest BCUT2D eigenvalue weighted by Gasteiger charge is 2.32. The fourth-order valence-corrected chi connectivity index (χ4v) is 3.37. The minimum atomic E-state index is -0.770. The Morgan fingerprint density at radius 3 is 2.95 bits per heavy atom. The van der Waals surface area contributed by atoms with Crippen LogP contribution in [0.2, 0.25) is 0 Å². The van der Waals surface area contributed by atoms with Gasteiger partial charge in [0.15, 0.2) is 5.13 Å². The molecule has 1 aromatic heterocycles. The molecule has 19 heavy (non-hydrogen) atoms. The predicted octanol–water partition coefficient (Wildman–Crippen LogP) is 2.34. The van der Waals surface area contributed by atoms with E-state index in [1.54, 1.807) is 18.4 Å². The lowest BCUT2D eigenvalue weighted by molar-refractivity contribution is -0.138. The molecule has 1 heterocycles. The minimum Gasteiger partial charge on any atom is -0.481 e. The smallest absolute Gasteiger partial charge is 0.312 e. The van der Waals surface area contributed by atoms with Crippen molar-refractivity contribution in [3.63, 3.8) is 0 Å². The van der Waals surface area contributed by atoms with Gasteiger partial charge in [-0.05, 0) is 18.8 Å². The van der Waals surface area contributed by atoms with Crippen molar-refractivity contribution in [2.24, 2.45) is 5.92 Å². The van der Waals surface area contributed by atoms with Crippen molar-refractivity contribution in [2.75, 3.05) is 19.0 Å². The molecule has 0 saturated heterocycles. The lowest BCUT2D eigenvalue weighted by Gasteiger charge is -2.21. The summed E-state index contributed by atoms with van der Waals surface area (Å²) < 4.78 is 5.19. The standard InChI is InChI=1S/C13H20N2O3S/c1-7(2)9(6-18-3)14-13-15-11-8(12(16)17)4-5-10(11)19-13/h7-9H,4-6H2,1-3H3,(H,14,15)(H,16,17). The zero-order valence-corrected chi connectivity index (χ0v) is 12.3. The highest BCUT2D eigenvalue weighted by atomic mass is 32.1. The first-order chi connectivity index (χ1) is 9.02. The quantitative estimate of drug-likeness (QED) is 0.839. The highest BCUT2D eigenvalue weighted by Crippen LogP contribution is 2.38. The molecule has 0 fully saturated rings. The van der Waals surface area contributed by atoms with Crippen molar-refractivity contribution in [2.45, 2.75) is 38.6 Å². The van der Waals surface area contributed by atoms with Crippen LogP contribution in [0.4, 0.5) is 5.13 Å². The summed E-state index contributed by atoms with van der Waals surface area (Å²) in [5.41, 5.74) is 0.750. The minimum absolute atomic E-state index is 0.194. The van der Waals surface area contributed by atoms with Crippen molar-refractivity contribution >= 4 is 22.4 Å². The second-order valence-corrected chi connectivity index (χ2v) is 6.29. The fraction of sp³-hybridized carbons (Fsp3) is 0.692. The molecule has 2 atom stereocenters. The molecule has 6 heteroatoms. The van der Waals surface area contributed by atoms with Gasteiger partial charge in [0.1, 0.15) is 5.92 Å². The molecular formula is C13H20N2O3S. The Labute approximate surface area is 117 Å². The van der Waals surface area contributed by atoms with Gasteiger partial charge in [-0.25, -0.2) is 4.98 Å². The average molecular weight is 284 g/mol. The molecular weight excluding hydrogens is 264 g/mol. The van der Waals surface area contributed by atoms with E-state index in [1.807, 2.05) is 0 Å². The lowest BCUT2D eigenvalue weighted by Crippen LogP contribution is -2.30. The summed E-state index contributed by atoms with van der Waals surface area (Å²) in [5.74, 6) is -0.774. The molecule has 2 rings (SSSR count). The Kier molecular flexibility index (Phi) is 4.42. The second kappa shape index (κ2) is 5.88. The third kappa shape index (κ3) is 3.06. The largest absolute Gasteiger partial charge is 0.481 e. The SMILES string of the molecule is COCC(Nc1nc2c(s1)CCC2C(=O)O)C(C)C. The van der Waals surface area contributed by atoms with E-state index in [0.717, 1.165) is 22.1 Å². The van der Waals surface area contributed by atoms with Gasteiger partial charge in [0.25, 0.3) is 0 Å². The van der Waals surface area contributed by atoms with Crippen LogP contribution in [-0.2, 0) is 16.0 Å². The Balaban J connectivity index is 2.11. The van der Waals surface area contributed by atoms with Gasteiger partial charge in [-0.3, -0.25) is 4.79 Å². The van der Waals surface area contributed by atoms with E-state index in [1.165, 1.54) is 0 Å². The van der Waals surface area contributed by atoms with Crippen molar-refractivity contribution < 1.29 is 14.6 Å². The van der Waals surface area contributed by atoms with Crippen LogP contribution in [0.15, 0.2) is 0 Å². The summed E-state index contributed by atoms with van der Waals surface area (Å²) >= 11 is 1.57. The fourth-order valence-electron chi connectivity index (χ4n) is 2.27. The number of carbonyl (C=O) groups is 1. The van der Waals surface area contributed by atoms with E-state index < -0.39 is 11.9 Å². The summed E-state index contributed by atoms with van der Waals surface area (Å²) in [7, 11) is 1.68. The number of aryl methyl sites for hydroxylation is 1. The number of nitrogens with one attached hydrogen (secondary N) is 1. The van der Waals surface area contributed by atoms with Crippen LogP contribution in [0, 0.1) is 5.92 Å². The van der Waals surface area contributed by atoms with Gasteiger partial charge in [-0.15, -0.1) is 11.3 Å². The summed E-state index contributed by atoms with van der Waals surface area (Å²) in [6.07, 6.45) is 1.50. The molecule has 0 aliphatic heterocycles. The summed E-state index contributed by atoms with van der Waals surface area (Å²) in [4.78, 5) is 16.7. The Hall–Kier alpha value is -1.14. The third-order valence-corrected chi connectivity index (χ3v) is 4.54. The monoisotopic (exact) mass is 284 g/mol. The highest BCUT2D eigenvalue weighted by molar-refractivity contribution is 7.15. The topological polar surface area (TPSA) is 71.5 Å². The molecule has 1 aliphatic carbocycles. The maximum absolute atomic E-state index is 11.1. The van der Waals surface area contributed by atoms with Crippen LogP contribution in [0.1, 0.15) is 36.8 Å². The number of ether oxygens (including phenoxy) is 1. The van der Waals surface area contributed by atoms with Crippen LogP contribution >= 0.6 is 11.3 Å². The number of hydrogen-bond acceptors (Lipinski definition) is 5. The molecule has 0 amide bonds. The number of methoxy groups -OCH3 is 1. The van der Waals surface area contributed by atoms with E-state index in [-0.39, 0.29) is 6.04 Å². The number of anilines is 1. The third-order valence-electron chi connectivity index (χ3n) is 3.48. The molecule has 0 radical (unpaired) electrons. The number of thiazole rings is 1. The Bertz CT molecular complexity index is 459. The second-order valence-electron chi connectivity index (χ2n) is 5.21. The molecule has 2 unspecified atom stereocenters. The van der Waals surface area contributed by atoms with Crippen molar-refractivity contribution in [1.29, 1.82) is 0 Å². The first kappa shape index (κ1) is 14.3. The Morgan fingerprint density at radius 2 is 2.37 bits per heavy atom. The van der Waals surface area contributed by atoms with E-state index in [9.17, 15) is 4.79 Å². The van der Waals surface area contributed by atoms with Crippen molar-refractivity contribution in [3.05, 3.63) is 10.6 Å². The number of fused-ring (bicyclic) bond motifs is 1. The first-order valence-corrected chi connectivity index (χ1v) is 7.32. The summed E-state index contributed by atoms with van der Waals surface area (Å²) in [5, 5.41) is 13.3. The molecule has 106 valence electrons. The first-order valence-electron chi connectivity index (χ1n) is 6.50. The molecule has 2 N–H and O–H groups in total. The van der Waals surface area contributed by atoms with E-state index >= 15 is 0 Å².